The van der Waals surface area contributed by atoms with Crippen molar-refractivity contribution in [3.8, 4) is 0 Å². The molecule has 0 N–H and O–H groups in total. The molecule has 0 aliphatic carbocycles. The molecule has 0 fully saturated rings. The van der Waals surface area contributed by atoms with E-state index in [0.717, 1.165) is 12.1 Å². The summed E-state index contributed by atoms with van der Waals surface area (Å²) in [6, 6.07) is 5.04. The van der Waals surface area contributed by atoms with Crippen LogP contribution in [0.2, 0.25) is 0 Å². The van der Waals surface area contributed by atoms with Gasteiger partial charge in [-0.2, -0.15) is 8.78 Å². The minimum atomic E-state index is -4.56. The lowest BCUT2D eigenvalue weighted by molar-refractivity contribution is -0.118. The first-order chi connectivity index (χ1) is 8.30. The Hall–Kier alpha value is -1.30. The third-order valence-electron chi connectivity index (χ3n) is 2.74. The fourth-order valence-corrected chi connectivity index (χ4v) is 2.47. The molecule has 0 aliphatic heterocycles. The highest BCUT2D eigenvalue weighted by Gasteiger charge is 2.26. The predicted molar refractivity (Wildman–Crippen MR) is 63.3 cm³/mol. The highest BCUT2D eigenvalue weighted by molar-refractivity contribution is 7.91. The summed E-state index contributed by atoms with van der Waals surface area (Å²) in [5, 5.41) is 0. The second kappa shape index (κ2) is 5.56. The van der Waals surface area contributed by atoms with Crippen LogP contribution >= 0.6 is 0 Å². The zero-order chi connectivity index (χ0) is 13.9. The Balaban J connectivity index is 3.11. The van der Waals surface area contributed by atoms with Crippen molar-refractivity contribution >= 4 is 15.6 Å². The SMILES string of the molecule is CCC(C(C)=O)c1ccc(S(=O)(=O)C(F)F)cc1. The van der Waals surface area contributed by atoms with Crippen LogP contribution in [0.5, 0.6) is 0 Å². The molecule has 0 saturated heterocycles. The number of alkyl halides is 2. The summed E-state index contributed by atoms with van der Waals surface area (Å²) in [5.41, 5.74) is 0.637. The number of benzene rings is 1. The van der Waals surface area contributed by atoms with Crippen LogP contribution in [0, 0.1) is 0 Å². The van der Waals surface area contributed by atoms with Crippen molar-refractivity contribution < 1.29 is 22.0 Å². The number of rotatable bonds is 5. The second-order valence-corrected chi connectivity index (χ2v) is 5.86. The number of hydrogen-bond acceptors (Lipinski definition) is 3. The van der Waals surface area contributed by atoms with Crippen LogP contribution in [0.25, 0.3) is 0 Å². The van der Waals surface area contributed by atoms with Crippen LogP contribution in [-0.2, 0) is 14.6 Å². The molecule has 6 heteroatoms. The van der Waals surface area contributed by atoms with Crippen LogP contribution in [0.1, 0.15) is 31.7 Å². The Labute approximate surface area is 105 Å². The molecule has 0 saturated carbocycles. The molecule has 0 amide bonds. The van der Waals surface area contributed by atoms with Gasteiger partial charge in [0, 0.05) is 5.92 Å². The number of Topliss-reactive ketones (excluding diaryl/α,β-unsaturated/α-hetero) is 1. The van der Waals surface area contributed by atoms with Crippen LogP contribution in [0.4, 0.5) is 8.78 Å². The van der Waals surface area contributed by atoms with Crippen LogP contribution < -0.4 is 0 Å². The molecule has 1 rings (SSSR count). The van der Waals surface area contributed by atoms with Crippen molar-refractivity contribution in [1.29, 1.82) is 0 Å². The average molecular weight is 276 g/mol. The van der Waals surface area contributed by atoms with Gasteiger partial charge in [0.05, 0.1) is 4.90 Å². The summed E-state index contributed by atoms with van der Waals surface area (Å²) in [6.45, 7) is 3.27. The summed E-state index contributed by atoms with van der Waals surface area (Å²) in [5.74, 6) is -3.80. The van der Waals surface area contributed by atoms with Crippen molar-refractivity contribution in [1.82, 2.24) is 0 Å². The van der Waals surface area contributed by atoms with E-state index >= 15 is 0 Å². The fourth-order valence-electron chi connectivity index (χ4n) is 1.75. The minimum Gasteiger partial charge on any atom is -0.299 e. The van der Waals surface area contributed by atoms with Gasteiger partial charge in [-0.25, -0.2) is 8.42 Å². The third kappa shape index (κ3) is 2.93. The molecular weight excluding hydrogens is 262 g/mol. The van der Waals surface area contributed by atoms with E-state index in [1.807, 2.05) is 6.92 Å². The topological polar surface area (TPSA) is 51.2 Å². The van der Waals surface area contributed by atoms with Gasteiger partial charge in [0.25, 0.3) is 0 Å². The number of ketones is 1. The molecule has 100 valence electrons. The van der Waals surface area contributed by atoms with Gasteiger partial charge < -0.3 is 0 Å². The van der Waals surface area contributed by atoms with Gasteiger partial charge >= 0.3 is 5.76 Å². The number of sulfone groups is 1. The Bertz CT molecular complexity index is 521. The molecule has 0 aliphatic rings. The summed E-state index contributed by atoms with van der Waals surface area (Å²) in [6.07, 6.45) is 0.580. The number of halogens is 2. The molecule has 0 aromatic heterocycles. The van der Waals surface area contributed by atoms with Crippen molar-refractivity contribution in [2.45, 2.75) is 36.8 Å². The Morgan fingerprint density at radius 3 is 2.06 bits per heavy atom. The maximum Gasteiger partial charge on any atom is 0.341 e. The zero-order valence-corrected chi connectivity index (χ0v) is 10.9. The van der Waals surface area contributed by atoms with Gasteiger partial charge in [0.2, 0.25) is 9.84 Å². The molecule has 0 bridgehead atoms. The van der Waals surface area contributed by atoms with Crippen LogP contribution in [0.3, 0.4) is 0 Å². The smallest absolute Gasteiger partial charge is 0.299 e. The maximum absolute atomic E-state index is 12.3. The first kappa shape index (κ1) is 14.8. The van der Waals surface area contributed by atoms with Gasteiger partial charge in [-0.3, -0.25) is 4.79 Å². The number of carbonyl (C=O) groups excluding carboxylic acids is 1. The summed E-state index contributed by atoms with van der Waals surface area (Å²) in [4.78, 5) is 10.9. The van der Waals surface area contributed by atoms with E-state index in [9.17, 15) is 22.0 Å². The van der Waals surface area contributed by atoms with Gasteiger partial charge in [0.15, 0.2) is 0 Å². The van der Waals surface area contributed by atoms with Crippen molar-refractivity contribution in [2.24, 2.45) is 0 Å². The second-order valence-electron chi connectivity index (χ2n) is 3.95. The molecule has 0 radical (unpaired) electrons. The Morgan fingerprint density at radius 1 is 1.22 bits per heavy atom. The molecule has 0 heterocycles. The normalized spacial score (nSPS) is 13.6. The summed E-state index contributed by atoms with van der Waals surface area (Å²) in [7, 11) is -4.56. The van der Waals surface area contributed by atoms with Crippen molar-refractivity contribution in [2.75, 3.05) is 0 Å². The highest BCUT2D eigenvalue weighted by Crippen LogP contribution is 2.24. The molecule has 1 atom stereocenters. The predicted octanol–water partition coefficient (Wildman–Crippen LogP) is 2.77. The van der Waals surface area contributed by atoms with Crippen molar-refractivity contribution in [3.05, 3.63) is 29.8 Å². The van der Waals surface area contributed by atoms with Gasteiger partial charge in [-0.05, 0) is 31.0 Å². The lowest BCUT2D eigenvalue weighted by atomic mass is 9.93. The first-order valence-corrected chi connectivity index (χ1v) is 6.97. The van der Waals surface area contributed by atoms with E-state index in [1.54, 1.807) is 0 Å². The van der Waals surface area contributed by atoms with E-state index in [2.05, 4.69) is 0 Å². The molecule has 1 aromatic carbocycles. The third-order valence-corrected chi connectivity index (χ3v) is 4.14. The van der Waals surface area contributed by atoms with E-state index in [1.165, 1.54) is 19.1 Å². The standard InChI is InChI=1S/C12H14F2O3S/c1-3-11(8(2)15)9-4-6-10(7-5-9)18(16,17)12(13)14/h4-7,11-12H,3H2,1-2H3. The largest absolute Gasteiger partial charge is 0.341 e. The molecule has 18 heavy (non-hydrogen) atoms. The zero-order valence-electron chi connectivity index (χ0n) is 10.1. The Kier molecular flexibility index (Phi) is 4.56. The van der Waals surface area contributed by atoms with Crippen molar-refractivity contribution in [3.63, 3.8) is 0 Å². The van der Waals surface area contributed by atoms with Gasteiger partial charge in [-0.1, -0.05) is 19.1 Å². The number of hydrogen-bond donors (Lipinski definition) is 0. The molecule has 0 spiro atoms. The Morgan fingerprint density at radius 2 is 1.72 bits per heavy atom. The minimum absolute atomic E-state index is 0.0398. The molecule has 1 aromatic rings. The molecule has 3 nitrogen and oxygen atoms in total. The summed E-state index contributed by atoms with van der Waals surface area (Å²) >= 11 is 0. The van der Waals surface area contributed by atoms with E-state index < -0.39 is 20.5 Å². The maximum atomic E-state index is 12.3. The lowest BCUT2D eigenvalue weighted by Gasteiger charge is -2.12. The lowest BCUT2D eigenvalue weighted by Crippen LogP contribution is -2.12. The first-order valence-electron chi connectivity index (χ1n) is 5.43. The van der Waals surface area contributed by atoms with Crippen LogP contribution in [-0.4, -0.2) is 20.0 Å². The van der Waals surface area contributed by atoms with Crippen LogP contribution in [0.15, 0.2) is 29.2 Å². The van der Waals surface area contributed by atoms with Gasteiger partial charge in [0.1, 0.15) is 5.78 Å². The van der Waals surface area contributed by atoms with Gasteiger partial charge in [-0.15, -0.1) is 0 Å². The van der Waals surface area contributed by atoms with E-state index in [-0.39, 0.29) is 11.7 Å². The highest BCUT2D eigenvalue weighted by atomic mass is 32.2. The van der Waals surface area contributed by atoms with E-state index in [0.29, 0.717) is 12.0 Å². The molecule has 1 unspecified atom stereocenters. The number of carbonyl (C=O) groups is 1. The summed E-state index contributed by atoms with van der Waals surface area (Å²) < 4.78 is 47.0. The quantitative estimate of drug-likeness (QED) is 0.831. The monoisotopic (exact) mass is 276 g/mol. The van der Waals surface area contributed by atoms with E-state index in [4.69, 9.17) is 0 Å². The fraction of sp³-hybridized carbons (Fsp3) is 0.417. The average Bonchev–Trinajstić information content (AvgIpc) is 2.30. The molecular formula is C12H14F2O3S.